The molecule has 0 fully saturated rings. The van der Waals surface area contributed by atoms with Crippen LogP contribution in [0.5, 0.6) is 0 Å². The molecule has 1 amide bonds. The minimum absolute atomic E-state index is 0.204. The Morgan fingerprint density at radius 1 is 1.27 bits per heavy atom. The summed E-state index contributed by atoms with van der Waals surface area (Å²) in [7, 11) is 1.36. The molecule has 1 aromatic carbocycles. The van der Waals surface area contributed by atoms with Crippen LogP contribution in [0.1, 0.15) is 29.6 Å². The topological polar surface area (TPSA) is 99.0 Å². The third-order valence-corrected chi connectivity index (χ3v) is 3.07. The highest BCUT2D eigenvalue weighted by Gasteiger charge is 2.12. The van der Waals surface area contributed by atoms with E-state index < -0.39 is 0 Å². The molecule has 0 aliphatic rings. The van der Waals surface area contributed by atoms with Crippen molar-refractivity contribution in [3.63, 3.8) is 0 Å². The van der Waals surface area contributed by atoms with E-state index >= 15 is 0 Å². The van der Waals surface area contributed by atoms with Crippen LogP contribution >= 0.6 is 0 Å². The molecule has 2 aromatic rings. The Morgan fingerprint density at radius 2 is 2.09 bits per heavy atom. The predicted octanol–water partition coefficient (Wildman–Crippen LogP) is 0.735. The van der Waals surface area contributed by atoms with Gasteiger partial charge in [-0.15, -0.1) is 5.10 Å². The van der Waals surface area contributed by atoms with Gasteiger partial charge in [0.15, 0.2) is 0 Å². The number of benzene rings is 1. The van der Waals surface area contributed by atoms with Crippen molar-refractivity contribution in [1.29, 1.82) is 0 Å². The number of methoxy groups -OCH3 is 1. The largest absolute Gasteiger partial charge is 0.469 e. The molecule has 8 nitrogen and oxygen atoms in total. The number of rotatable bonds is 7. The summed E-state index contributed by atoms with van der Waals surface area (Å²) in [6, 6.07) is 7.06. The SMILES string of the molecule is COC(=O)CCCCNC(=O)c1ccccc1-n1cnnn1. The van der Waals surface area contributed by atoms with Gasteiger partial charge in [0.1, 0.15) is 6.33 Å². The molecule has 0 aliphatic carbocycles. The second-order valence-corrected chi connectivity index (χ2v) is 4.56. The van der Waals surface area contributed by atoms with Crippen LogP contribution in [0.4, 0.5) is 0 Å². The van der Waals surface area contributed by atoms with Crippen molar-refractivity contribution >= 4 is 11.9 Å². The molecule has 0 radical (unpaired) electrons. The number of esters is 1. The number of tetrazole rings is 1. The van der Waals surface area contributed by atoms with Crippen molar-refractivity contribution in [2.75, 3.05) is 13.7 Å². The quantitative estimate of drug-likeness (QED) is 0.598. The number of hydrogen-bond acceptors (Lipinski definition) is 6. The third-order valence-electron chi connectivity index (χ3n) is 3.07. The Morgan fingerprint density at radius 3 is 2.82 bits per heavy atom. The Labute approximate surface area is 127 Å². The zero-order valence-electron chi connectivity index (χ0n) is 12.2. The highest BCUT2D eigenvalue weighted by molar-refractivity contribution is 5.97. The number of unbranched alkanes of at least 4 members (excludes halogenated alkanes) is 1. The highest BCUT2D eigenvalue weighted by atomic mass is 16.5. The fraction of sp³-hybridized carbons (Fsp3) is 0.357. The Balaban J connectivity index is 1.89. The van der Waals surface area contributed by atoms with Crippen LogP contribution in [0.2, 0.25) is 0 Å². The first-order valence-corrected chi connectivity index (χ1v) is 6.90. The third kappa shape index (κ3) is 4.11. The number of nitrogens with zero attached hydrogens (tertiary/aromatic N) is 4. The summed E-state index contributed by atoms with van der Waals surface area (Å²) in [5.41, 5.74) is 1.10. The van der Waals surface area contributed by atoms with Crippen LogP contribution in [-0.4, -0.2) is 45.7 Å². The molecule has 116 valence electrons. The lowest BCUT2D eigenvalue weighted by Gasteiger charge is -2.09. The van der Waals surface area contributed by atoms with Gasteiger partial charge in [-0.25, -0.2) is 0 Å². The van der Waals surface area contributed by atoms with E-state index in [0.717, 1.165) is 0 Å². The number of aromatic nitrogens is 4. The van der Waals surface area contributed by atoms with Gasteiger partial charge >= 0.3 is 5.97 Å². The average Bonchev–Trinajstić information content (AvgIpc) is 3.08. The van der Waals surface area contributed by atoms with E-state index in [2.05, 4.69) is 25.6 Å². The normalized spacial score (nSPS) is 10.2. The van der Waals surface area contributed by atoms with E-state index in [1.54, 1.807) is 18.2 Å². The summed E-state index contributed by atoms with van der Waals surface area (Å²) in [4.78, 5) is 23.2. The minimum Gasteiger partial charge on any atom is -0.469 e. The molecule has 22 heavy (non-hydrogen) atoms. The molecule has 1 N–H and O–H groups in total. The van der Waals surface area contributed by atoms with Gasteiger partial charge in [-0.2, -0.15) is 4.68 Å². The number of carbonyl (C=O) groups excluding carboxylic acids is 2. The molecule has 2 rings (SSSR count). The molecule has 0 atom stereocenters. The number of para-hydroxylation sites is 1. The fourth-order valence-electron chi connectivity index (χ4n) is 1.93. The van der Waals surface area contributed by atoms with Gasteiger partial charge in [0, 0.05) is 13.0 Å². The number of nitrogens with one attached hydrogen (secondary N) is 1. The van der Waals surface area contributed by atoms with Gasteiger partial charge in [-0.05, 0) is 35.4 Å². The van der Waals surface area contributed by atoms with Crippen LogP contribution < -0.4 is 5.32 Å². The molecule has 0 bridgehead atoms. The van der Waals surface area contributed by atoms with Gasteiger partial charge in [-0.3, -0.25) is 9.59 Å². The van der Waals surface area contributed by atoms with E-state index in [1.807, 2.05) is 6.07 Å². The summed E-state index contributed by atoms with van der Waals surface area (Å²) < 4.78 is 5.99. The van der Waals surface area contributed by atoms with Gasteiger partial charge in [0.05, 0.1) is 18.4 Å². The molecular formula is C14H17N5O3. The molecule has 8 heteroatoms. The molecule has 0 unspecified atom stereocenters. The molecule has 1 aromatic heterocycles. The lowest BCUT2D eigenvalue weighted by molar-refractivity contribution is -0.140. The summed E-state index contributed by atoms with van der Waals surface area (Å²) >= 11 is 0. The van der Waals surface area contributed by atoms with Crippen LogP contribution in [0, 0.1) is 0 Å². The molecular weight excluding hydrogens is 286 g/mol. The van der Waals surface area contributed by atoms with Crippen molar-refractivity contribution in [2.24, 2.45) is 0 Å². The molecule has 0 saturated heterocycles. The maximum atomic E-state index is 12.2. The zero-order chi connectivity index (χ0) is 15.8. The smallest absolute Gasteiger partial charge is 0.305 e. The van der Waals surface area contributed by atoms with E-state index in [9.17, 15) is 9.59 Å². The second kappa shape index (κ2) is 7.87. The predicted molar refractivity (Wildman–Crippen MR) is 77.4 cm³/mol. The molecule has 0 saturated carbocycles. The van der Waals surface area contributed by atoms with Gasteiger partial charge in [0.2, 0.25) is 0 Å². The van der Waals surface area contributed by atoms with Gasteiger partial charge < -0.3 is 10.1 Å². The number of ether oxygens (including phenoxy) is 1. The monoisotopic (exact) mass is 303 g/mol. The lowest BCUT2D eigenvalue weighted by atomic mass is 10.1. The summed E-state index contributed by atoms with van der Waals surface area (Å²) in [5.74, 6) is -0.445. The first-order chi connectivity index (χ1) is 10.7. The van der Waals surface area contributed by atoms with E-state index in [4.69, 9.17) is 0 Å². The van der Waals surface area contributed by atoms with Crippen LogP contribution in [0.3, 0.4) is 0 Å². The first-order valence-electron chi connectivity index (χ1n) is 6.90. The summed E-state index contributed by atoms with van der Waals surface area (Å²) in [5, 5.41) is 13.7. The summed E-state index contributed by atoms with van der Waals surface area (Å²) in [6.07, 6.45) is 3.16. The fourth-order valence-corrected chi connectivity index (χ4v) is 1.93. The van der Waals surface area contributed by atoms with Crippen LogP contribution in [0.25, 0.3) is 5.69 Å². The Kier molecular flexibility index (Phi) is 5.58. The van der Waals surface area contributed by atoms with E-state index in [-0.39, 0.29) is 11.9 Å². The second-order valence-electron chi connectivity index (χ2n) is 4.56. The van der Waals surface area contributed by atoms with E-state index in [0.29, 0.717) is 37.1 Å². The number of amides is 1. The standard InChI is InChI=1S/C14H17N5O3/c1-22-13(20)8-4-5-9-15-14(21)11-6-2-3-7-12(11)19-10-16-17-18-19/h2-3,6-7,10H,4-5,8-9H2,1H3,(H,15,21). The first kappa shape index (κ1) is 15.6. The molecule has 0 aliphatic heterocycles. The van der Waals surface area contributed by atoms with E-state index in [1.165, 1.54) is 18.1 Å². The van der Waals surface area contributed by atoms with Crippen molar-refractivity contribution in [1.82, 2.24) is 25.5 Å². The minimum atomic E-state index is -0.240. The Bertz CT molecular complexity index is 627. The van der Waals surface area contributed by atoms with Gasteiger partial charge in [-0.1, -0.05) is 12.1 Å². The Hall–Kier alpha value is -2.77. The van der Waals surface area contributed by atoms with Crippen molar-refractivity contribution < 1.29 is 14.3 Å². The molecule has 0 spiro atoms. The number of carbonyl (C=O) groups is 2. The van der Waals surface area contributed by atoms with Crippen LogP contribution in [0.15, 0.2) is 30.6 Å². The molecule has 1 heterocycles. The maximum Gasteiger partial charge on any atom is 0.305 e. The summed E-state index contributed by atoms with van der Waals surface area (Å²) in [6.45, 7) is 0.486. The average molecular weight is 303 g/mol. The zero-order valence-corrected chi connectivity index (χ0v) is 12.2. The highest BCUT2D eigenvalue weighted by Crippen LogP contribution is 2.12. The lowest BCUT2D eigenvalue weighted by Crippen LogP contribution is -2.26. The van der Waals surface area contributed by atoms with Gasteiger partial charge in [0.25, 0.3) is 5.91 Å². The van der Waals surface area contributed by atoms with Crippen LogP contribution in [-0.2, 0) is 9.53 Å². The van der Waals surface area contributed by atoms with Crippen molar-refractivity contribution in [2.45, 2.75) is 19.3 Å². The van der Waals surface area contributed by atoms with Crippen molar-refractivity contribution in [3.05, 3.63) is 36.2 Å². The number of hydrogen-bond donors (Lipinski definition) is 1. The van der Waals surface area contributed by atoms with Crippen molar-refractivity contribution in [3.8, 4) is 5.69 Å². The maximum absolute atomic E-state index is 12.2.